The highest BCUT2D eigenvalue weighted by atomic mass is 32.2. The van der Waals surface area contributed by atoms with Gasteiger partial charge in [0.05, 0.1) is 11.4 Å². The lowest BCUT2D eigenvalue weighted by Crippen LogP contribution is -2.29. The van der Waals surface area contributed by atoms with E-state index in [4.69, 9.17) is 0 Å². The van der Waals surface area contributed by atoms with Gasteiger partial charge in [-0.05, 0) is 50.6 Å². The summed E-state index contributed by atoms with van der Waals surface area (Å²) < 4.78 is 22.2. The van der Waals surface area contributed by atoms with E-state index >= 15 is 0 Å². The number of aryl methyl sites for hydroxylation is 1. The first-order valence-corrected chi connectivity index (χ1v) is 11.1. The van der Waals surface area contributed by atoms with Crippen LogP contribution in [0.1, 0.15) is 30.5 Å². The molecule has 0 spiro atoms. The van der Waals surface area contributed by atoms with E-state index in [0.717, 1.165) is 31.0 Å². The molecule has 4 rings (SSSR count). The summed E-state index contributed by atoms with van der Waals surface area (Å²) in [5.74, 6) is 0.343. The molecule has 2 aromatic heterocycles. The van der Waals surface area contributed by atoms with Gasteiger partial charge >= 0.3 is 0 Å². The van der Waals surface area contributed by atoms with Gasteiger partial charge in [-0.25, -0.2) is 19.2 Å². The number of aromatic nitrogens is 3. The maximum Gasteiger partial charge on any atom is 0.262 e. The minimum absolute atomic E-state index is 0.343. The molecule has 1 aliphatic rings. The Morgan fingerprint density at radius 3 is 2.77 bits per heavy atom. The fourth-order valence-corrected chi connectivity index (χ4v) is 3.94. The van der Waals surface area contributed by atoms with Crippen molar-refractivity contribution in [2.45, 2.75) is 32.7 Å². The second kappa shape index (κ2) is 9.03. The average molecular weight is 427 g/mol. The Balaban J connectivity index is 1.65. The number of fused-ring (bicyclic) bond motifs is 1. The lowest BCUT2D eigenvalue weighted by molar-refractivity contribution is 0.221. The molecule has 1 saturated heterocycles. The zero-order chi connectivity index (χ0) is 21.1. The third-order valence-corrected chi connectivity index (χ3v) is 5.90. The molecule has 0 radical (unpaired) electrons. The van der Waals surface area contributed by atoms with E-state index in [1.807, 2.05) is 19.1 Å². The molecule has 30 heavy (non-hydrogen) atoms. The van der Waals surface area contributed by atoms with Crippen molar-refractivity contribution in [3.8, 4) is 0 Å². The number of pyridine rings is 1. The second-order valence-electron chi connectivity index (χ2n) is 7.60. The fraction of sp³-hybridized carbons (Fsp3) is 0.381. The van der Waals surface area contributed by atoms with Crippen molar-refractivity contribution < 1.29 is 8.76 Å². The standard InChI is InChI=1S/C21H26N6O2S/c1-15-13-22-20-18(12-19(25-21(20)23-15)26(2)30(28)29)24-17-8-6-7-16(11-17)14-27-9-4-3-5-10-27/h6-8,11-13H,3-5,9-10,14H2,1-2H3,(H,28,29)(H,23,24,25). The molecular weight excluding hydrogens is 400 g/mol. The summed E-state index contributed by atoms with van der Waals surface area (Å²) in [6.07, 6.45) is 5.54. The maximum atomic E-state index is 11.5. The van der Waals surface area contributed by atoms with E-state index in [2.05, 4.69) is 37.3 Å². The topological polar surface area (TPSA) is 94.5 Å². The summed E-state index contributed by atoms with van der Waals surface area (Å²) in [7, 11) is 1.51. The molecule has 0 bridgehead atoms. The Labute approximate surface area is 178 Å². The van der Waals surface area contributed by atoms with Gasteiger partial charge in [-0.1, -0.05) is 18.6 Å². The van der Waals surface area contributed by atoms with Crippen LogP contribution < -0.4 is 9.62 Å². The monoisotopic (exact) mass is 426 g/mol. The number of hydrogen-bond acceptors (Lipinski definition) is 6. The first-order valence-electron chi connectivity index (χ1n) is 10.1. The number of rotatable bonds is 6. The molecule has 1 fully saturated rings. The van der Waals surface area contributed by atoms with Gasteiger partial charge in [0.2, 0.25) is 0 Å². The molecular formula is C21H26N6O2S. The Bertz CT molecular complexity index is 1070. The summed E-state index contributed by atoms with van der Waals surface area (Å²) in [6.45, 7) is 5.07. The number of nitrogens with one attached hydrogen (secondary N) is 1. The summed E-state index contributed by atoms with van der Waals surface area (Å²) in [5.41, 5.74) is 4.64. The molecule has 0 saturated carbocycles. The number of likely N-dealkylation sites (tertiary alicyclic amines) is 1. The molecule has 3 heterocycles. The van der Waals surface area contributed by atoms with Crippen molar-refractivity contribution in [2.24, 2.45) is 0 Å². The highest BCUT2D eigenvalue weighted by molar-refractivity contribution is 7.80. The third-order valence-electron chi connectivity index (χ3n) is 5.24. The number of nitrogens with zero attached hydrogens (tertiary/aromatic N) is 5. The Kier molecular flexibility index (Phi) is 6.21. The SMILES string of the molecule is Cc1cnc2c(Nc3cccc(CN4CCCCC4)c3)cc(N(C)S(=O)O)nc2n1. The van der Waals surface area contributed by atoms with Crippen LogP contribution in [0.3, 0.4) is 0 Å². The maximum absolute atomic E-state index is 11.5. The van der Waals surface area contributed by atoms with E-state index in [1.165, 1.54) is 36.2 Å². The summed E-state index contributed by atoms with van der Waals surface area (Å²) in [6, 6.07) is 10.0. The van der Waals surface area contributed by atoms with Crippen molar-refractivity contribution in [3.05, 3.63) is 47.8 Å². The number of hydrogen-bond donors (Lipinski definition) is 2. The van der Waals surface area contributed by atoms with Crippen LogP contribution in [0.15, 0.2) is 36.5 Å². The van der Waals surface area contributed by atoms with Gasteiger partial charge in [0.1, 0.15) is 11.3 Å². The van der Waals surface area contributed by atoms with Crippen LogP contribution in [0.4, 0.5) is 17.2 Å². The minimum Gasteiger partial charge on any atom is -0.354 e. The normalized spacial score (nSPS) is 15.8. The molecule has 1 unspecified atom stereocenters. The Morgan fingerprint density at radius 1 is 1.20 bits per heavy atom. The van der Waals surface area contributed by atoms with Crippen molar-refractivity contribution in [2.75, 3.05) is 29.8 Å². The van der Waals surface area contributed by atoms with Crippen molar-refractivity contribution in [3.63, 3.8) is 0 Å². The zero-order valence-corrected chi connectivity index (χ0v) is 18.0. The van der Waals surface area contributed by atoms with E-state index in [9.17, 15) is 8.76 Å². The number of benzene rings is 1. The minimum atomic E-state index is -2.18. The van der Waals surface area contributed by atoms with E-state index in [0.29, 0.717) is 22.7 Å². The first-order chi connectivity index (χ1) is 14.5. The van der Waals surface area contributed by atoms with Crippen molar-refractivity contribution >= 4 is 39.6 Å². The highest BCUT2D eigenvalue weighted by Crippen LogP contribution is 2.28. The quantitative estimate of drug-likeness (QED) is 0.581. The van der Waals surface area contributed by atoms with Gasteiger partial charge in [0.15, 0.2) is 5.65 Å². The van der Waals surface area contributed by atoms with Crippen LogP contribution >= 0.6 is 0 Å². The molecule has 0 aliphatic carbocycles. The van der Waals surface area contributed by atoms with Crippen molar-refractivity contribution in [1.29, 1.82) is 0 Å². The van der Waals surface area contributed by atoms with E-state index in [1.54, 1.807) is 12.3 Å². The van der Waals surface area contributed by atoms with Crippen LogP contribution in [-0.4, -0.2) is 48.8 Å². The summed E-state index contributed by atoms with van der Waals surface area (Å²) in [5, 5.41) is 3.41. The fourth-order valence-electron chi connectivity index (χ4n) is 3.69. The molecule has 1 aliphatic heterocycles. The summed E-state index contributed by atoms with van der Waals surface area (Å²) >= 11 is -2.18. The third kappa shape index (κ3) is 4.75. The predicted octanol–water partition coefficient (Wildman–Crippen LogP) is 3.64. The molecule has 158 valence electrons. The Morgan fingerprint density at radius 2 is 2.00 bits per heavy atom. The average Bonchev–Trinajstić information content (AvgIpc) is 2.73. The van der Waals surface area contributed by atoms with Crippen LogP contribution in [0.5, 0.6) is 0 Å². The highest BCUT2D eigenvalue weighted by Gasteiger charge is 2.15. The summed E-state index contributed by atoms with van der Waals surface area (Å²) in [4.78, 5) is 15.8. The largest absolute Gasteiger partial charge is 0.354 e. The molecule has 3 aromatic rings. The van der Waals surface area contributed by atoms with Gasteiger partial charge in [-0.15, -0.1) is 0 Å². The zero-order valence-electron chi connectivity index (χ0n) is 17.2. The van der Waals surface area contributed by atoms with Crippen molar-refractivity contribution in [1.82, 2.24) is 19.9 Å². The molecule has 8 nitrogen and oxygen atoms in total. The first kappa shape index (κ1) is 20.6. The van der Waals surface area contributed by atoms with Crippen LogP contribution in [0.25, 0.3) is 11.2 Å². The van der Waals surface area contributed by atoms with Gasteiger partial charge in [-0.2, -0.15) is 0 Å². The van der Waals surface area contributed by atoms with Crippen LogP contribution in [0, 0.1) is 6.92 Å². The Hall–Kier alpha value is -2.62. The lowest BCUT2D eigenvalue weighted by atomic mass is 10.1. The van der Waals surface area contributed by atoms with Crippen LogP contribution in [0.2, 0.25) is 0 Å². The predicted molar refractivity (Wildman–Crippen MR) is 120 cm³/mol. The molecule has 2 N–H and O–H groups in total. The second-order valence-corrected chi connectivity index (χ2v) is 8.61. The van der Waals surface area contributed by atoms with Gasteiger partial charge < -0.3 is 5.32 Å². The molecule has 1 aromatic carbocycles. The molecule has 9 heteroatoms. The number of piperidine rings is 1. The van der Waals surface area contributed by atoms with Gasteiger partial charge in [-0.3, -0.25) is 13.8 Å². The smallest absolute Gasteiger partial charge is 0.262 e. The van der Waals surface area contributed by atoms with Gasteiger partial charge in [0.25, 0.3) is 11.3 Å². The lowest BCUT2D eigenvalue weighted by Gasteiger charge is -2.26. The van der Waals surface area contributed by atoms with Crippen LogP contribution in [-0.2, 0) is 17.8 Å². The van der Waals surface area contributed by atoms with E-state index in [-0.39, 0.29) is 0 Å². The molecule has 1 atom stereocenters. The van der Waals surface area contributed by atoms with Gasteiger partial charge in [0, 0.05) is 31.5 Å². The number of anilines is 3. The molecule has 0 amide bonds. The van der Waals surface area contributed by atoms with E-state index < -0.39 is 11.3 Å².